The van der Waals surface area contributed by atoms with Gasteiger partial charge in [0.05, 0.1) is 11.4 Å². The highest BCUT2D eigenvalue weighted by molar-refractivity contribution is 7.19. The van der Waals surface area contributed by atoms with Gasteiger partial charge in [-0.2, -0.15) is 0 Å². The molecule has 0 atom stereocenters. The third-order valence-electron chi connectivity index (χ3n) is 3.52. The van der Waals surface area contributed by atoms with Crippen molar-refractivity contribution in [3.63, 3.8) is 0 Å². The summed E-state index contributed by atoms with van der Waals surface area (Å²) >= 11 is 1.48. The van der Waals surface area contributed by atoms with E-state index in [0.717, 1.165) is 17.0 Å². The van der Waals surface area contributed by atoms with E-state index in [2.05, 4.69) is 22.4 Å². The third kappa shape index (κ3) is 4.50. The van der Waals surface area contributed by atoms with E-state index in [4.69, 9.17) is 0 Å². The summed E-state index contributed by atoms with van der Waals surface area (Å²) in [6.07, 6.45) is 1.79. The Morgan fingerprint density at radius 2 is 1.75 bits per heavy atom. The van der Waals surface area contributed by atoms with Gasteiger partial charge >= 0.3 is 0 Å². The number of anilines is 1. The van der Waals surface area contributed by atoms with Crippen molar-refractivity contribution in [2.45, 2.75) is 6.54 Å². The number of nitrogens with zero attached hydrogens (tertiary/aromatic N) is 2. The normalized spacial score (nSPS) is 10.8. The zero-order chi connectivity index (χ0) is 16.8. The Balaban J connectivity index is 1.54. The fourth-order valence-electron chi connectivity index (χ4n) is 2.42. The number of benzene rings is 2. The molecule has 4 nitrogen and oxygen atoms in total. The van der Waals surface area contributed by atoms with Crippen LogP contribution in [-0.2, 0) is 11.3 Å². The van der Waals surface area contributed by atoms with Gasteiger partial charge in [-0.15, -0.1) is 0 Å². The van der Waals surface area contributed by atoms with Gasteiger partial charge in [-0.3, -0.25) is 9.69 Å². The minimum atomic E-state index is -0.0533. The number of carbonyl (C=O) groups is 1. The average molecular weight is 337 g/mol. The van der Waals surface area contributed by atoms with Gasteiger partial charge in [0.1, 0.15) is 0 Å². The maximum Gasteiger partial charge on any atom is 0.240 e. The molecule has 0 aliphatic heterocycles. The Kier molecular flexibility index (Phi) is 5.36. The summed E-state index contributed by atoms with van der Waals surface area (Å²) in [5.41, 5.74) is 2.30. The summed E-state index contributed by atoms with van der Waals surface area (Å²) in [7, 11) is 1.93. The number of thiazole rings is 1. The van der Waals surface area contributed by atoms with E-state index in [1.54, 1.807) is 6.20 Å². The lowest BCUT2D eigenvalue weighted by molar-refractivity contribution is -0.117. The molecular weight excluding hydrogens is 318 g/mol. The summed E-state index contributed by atoms with van der Waals surface area (Å²) < 4.78 is 0. The molecule has 0 bridgehead atoms. The minimum Gasteiger partial charge on any atom is -0.301 e. The van der Waals surface area contributed by atoms with Crippen molar-refractivity contribution in [3.05, 3.63) is 72.4 Å². The van der Waals surface area contributed by atoms with E-state index in [0.29, 0.717) is 11.7 Å². The van der Waals surface area contributed by atoms with Crippen molar-refractivity contribution in [1.82, 2.24) is 9.88 Å². The highest BCUT2D eigenvalue weighted by Gasteiger charge is 2.10. The first-order valence-electron chi connectivity index (χ1n) is 7.74. The van der Waals surface area contributed by atoms with Crippen LogP contribution in [-0.4, -0.2) is 29.4 Å². The fourth-order valence-corrected chi connectivity index (χ4v) is 3.26. The Morgan fingerprint density at radius 1 is 1.08 bits per heavy atom. The van der Waals surface area contributed by atoms with Crippen molar-refractivity contribution < 1.29 is 4.79 Å². The molecule has 1 amide bonds. The van der Waals surface area contributed by atoms with Crippen LogP contribution in [0.1, 0.15) is 5.56 Å². The monoisotopic (exact) mass is 337 g/mol. The minimum absolute atomic E-state index is 0.0533. The number of rotatable bonds is 6. The maximum absolute atomic E-state index is 12.2. The van der Waals surface area contributed by atoms with Gasteiger partial charge < -0.3 is 5.32 Å². The first-order chi connectivity index (χ1) is 11.7. The van der Waals surface area contributed by atoms with Crippen molar-refractivity contribution in [3.8, 4) is 10.4 Å². The van der Waals surface area contributed by atoms with Gasteiger partial charge in [-0.05, 0) is 18.2 Å². The summed E-state index contributed by atoms with van der Waals surface area (Å²) in [6.45, 7) is 1.07. The molecule has 122 valence electrons. The molecule has 0 saturated heterocycles. The Bertz CT molecular complexity index is 787. The second-order valence-electron chi connectivity index (χ2n) is 5.60. The van der Waals surface area contributed by atoms with Crippen molar-refractivity contribution >= 4 is 22.4 Å². The SMILES string of the molecule is CN(CC(=O)Nc1ncc(-c2ccccc2)s1)Cc1ccccc1. The van der Waals surface area contributed by atoms with Crippen LogP contribution in [0.4, 0.5) is 5.13 Å². The molecule has 1 N–H and O–H groups in total. The molecule has 3 aromatic rings. The van der Waals surface area contributed by atoms with E-state index < -0.39 is 0 Å². The fraction of sp³-hybridized carbons (Fsp3) is 0.158. The Hall–Kier alpha value is -2.50. The van der Waals surface area contributed by atoms with Gasteiger partial charge in [-0.25, -0.2) is 4.98 Å². The average Bonchev–Trinajstić information content (AvgIpc) is 3.04. The van der Waals surface area contributed by atoms with Crippen LogP contribution in [0.25, 0.3) is 10.4 Å². The predicted octanol–water partition coefficient (Wildman–Crippen LogP) is 3.88. The number of hydrogen-bond acceptors (Lipinski definition) is 4. The molecule has 0 aliphatic carbocycles. The summed E-state index contributed by atoms with van der Waals surface area (Å²) in [4.78, 5) is 19.5. The Labute approximate surface area is 145 Å². The Morgan fingerprint density at radius 3 is 2.46 bits per heavy atom. The van der Waals surface area contributed by atoms with E-state index in [9.17, 15) is 4.79 Å². The molecular formula is C19H19N3OS. The number of likely N-dealkylation sites (N-methyl/N-ethyl adjacent to an activating group) is 1. The number of carbonyl (C=O) groups excluding carboxylic acids is 1. The zero-order valence-corrected chi connectivity index (χ0v) is 14.3. The predicted molar refractivity (Wildman–Crippen MR) is 99.0 cm³/mol. The van der Waals surface area contributed by atoms with Crippen molar-refractivity contribution in [2.24, 2.45) is 0 Å². The molecule has 5 heteroatoms. The van der Waals surface area contributed by atoms with Crippen LogP contribution in [0.5, 0.6) is 0 Å². The molecule has 2 aromatic carbocycles. The van der Waals surface area contributed by atoms with Gasteiger partial charge in [0, 0.05) is 12.7 Å². The number of aromatic nitrogens is 1. The maximum atomic E-state index is 12.2. The molecule has 24 heavy (non-hydrogen) atoms. The van der Waals surface area contributed by atoms with Crippen LogP contribution in [0.3, 0.4) is 0 Å². The van der Waals surface area contributed by atoms with Crippen LogP contribution in [0.2, 0.25) is 0 Å². The van der Waals surface area contributed by atoms with Crippen LogP contribution in [0.15, 0.2) is 66.9 Å². The summed E-state index contributed by atoms with van der Waals surface area (Å²) in [5, 5.41) is 3.51. The summed E-state index contributed by atoms with van der Waals surface area (Å²) in [6, 6.07) is 20.1. The molecule has 0 unspecified atom stereocenters. The second-order valence-corrected chi connectivity index (χ2v) is 6.63. The molecule has 0 radical (unpaired) electrons. The van der Waals surface area contributed by atoms with E-state index in [1.165, 1.54) is 16.9 Å². The number of amides is 1. The lowest BCUT2D eigenvalue weighted by atomic mass is 10.2. The van der Waals surface area contributed by atoms with Crippen LogP contribution >= 0.6 is 11.3 Å². The number of hydrogen-bond donors (Lipinski definition) is 1. The molecule has 0 saturated carbocycles. The first-order valence-corrected chi connectivity index (χ1v) is 8.56. The highest BCUT2D eigenvalue weighted by atomic mass is 32.1. The molecule has 0 fully saturated rings. The van der Waals surface area contributed by atoms with Gasteiger partial charge in [-0.1, -0.05) is 72.0 Å². The van der Waals surface area contributed by atoms with Crippen molar-refractivity contribution in [2.75, 3.05) is 18.9 Å². The number of nitrogens with one attached hydrogen (secondary N) is 1. The van der Waals surface area contributed by atoms with E-state index >= 15 is 0 Å². The molecule has 3 rings (SSSR count). The van der Waals surface area contributed by atoms with Gasteiger partial charge in [0.15, 0.2) is 5.13 Å². The standard InChI is InChI=1S/C19H19N3OS/c1-22(13-15-8-4-2-5-9-15)14-18(23)21-19-20-12-17(24-19)16-10-6-3-7-11-16/h2-12H,13-14H2,1H3,(H,20,21,23). The summed E-state index contributed by atoms with van der Waals surface area (Å²) in [5.74, 6) is -0.0533. The lowest BCUT2D eigenvalue weighted by Gasteiger charge is -2.15. The van der Waals surface area contributed by atoms with Gasteiger partial charge in [0.2, 0.25) is 5.91 Å². The highest BCUT2D eigenvalue weighted by Crippen LogP contribution is 2.28. The molecule has 0 aliphatic rings. The van der Waals surface area contributed by atoms with Crippen molar-refractivity contribution in [1.29, 1.82) is 0 Å². The zero-order valence-electron chi connectivity index (χ0n) is 13.5. The second kappa shape index (κ2) is 7.86. The largest absolute Gasteiger partial charge is 0.301 e. The topological polar surface area (TPSA) is 45.2 Å². The van der Waals surface area contributed by atoms with Crippen LogP contribution in [0, 0.1) is 0 Å². The first kappa shape index (κ1) is 16.4. The molecule has 1 heterocycles. The van der Waals surface area contributed by atoms with E-state index in [1.807, 2.05) is 60.5 Å². The molecule has 0 spiro atoms. The van der Waals surface area contributed by atoms with Gasteiger partial charge in [0.25, 0.3) is 0 Å². The quantitative estimate of drug-likeness (QED) is 0.742. The van der Waals surface area contributed by atoms with Crippen LogP contribution < -0.4 is 5.32 Å². The third-order valence-corrected chi connectivity index (χ3v) is 4.48. The lowest BCUT2D eigenvalue weighted by Crippen LogP contribution is -2.29. The molecule has 1 aromatic heterocycles. The smallest absolute Gasteiger partial charge is 0.240 e. The van der Waals surface area contributed by atoms with E-state index in [-0.39, 0.29) is 5.91 Å².